The first kappa shape index (κ1) is 20.3. The van der Waals surface area contributed by atoms with Crippen LogP contribution in [-0.2, 0) is 16.1 Å². The zero-order chi connectivity index (χ0) is 20.2. The molecule has 1 aromatic heterocycles. The first-order valence-electron chi connectivity index (χ1n) is 10.7. The van der Waals surface area contributed by atoms with Crippen LogP contribution in [0.15, 0.2) is 24.4 Å². The van der Waals surface area contributed by atoms with Gasteiger partial charge in [-0.2, -0.15) is 0 Å². The summed E-state index contributed by atoms with van der Waals surface area (Å²) < 4.78 is 0. The second-order valence-corrected chi connectivity index (χ2v) is 8.47. The van der Waals surface area contributed by atoms with Crippen LogP contribution in [0.5, 0.6) is 0 Å². The number of pyridine rings is 1. The summed E-state index contributed by atoms with van der Waals surface area (Å²) in [5.41, 5.74) is 1.01. The third-order valence-corrected chi connectivity index (χ3v) is 6.47. The Kier molecular flexibility index (Phi) is 6.42. The van der Waals surface area contributed by atoms with Crippen LogP contribution in [0.1, 0.15) is 25.0 Å². The van der Waals surface area contributed by atoms with Crippen molar-refractivity contribution in [3.05, 3.63) is 30.1 Å². The Morgan fingerprint density at radius 2 is 2.10 bits per heavy atom. The van der Waals surface area contributed by atoms with Crippen molar-refractivity contribution in [1.82, 2.24) is 30.3 Å². The molecule has 2 amide bonds. The van der Waals surface area contributed by atoms with Crippen LogP contribution in [0.25, 0.3) is 0 Å². The van der Waals surface area contributed by atoms with Gasteiger partial charge in [-0.05, 0) is 32.0 Å². The zero-order valence-corrected chi connectivity index (χ0v) is 17.2. The molecule has 0 saturated carbocycles. The van der Waals surface area contributed by atoms with Gasteiger partial charge >= 0.3 is 0 Å². The number of rotatable bonds is 6. The maximum absolute atomic E-state index is 12.6. The van der Waals surface area contributed by atoms with Gasteiger partial charge in [0.05, 0.1) is 11.7 Å². The summed E-state index contributed by atoms with van der Waals surface area (Å²) in [6, 6.07) is 6.32. The number of hydrogen-bond donors (Lipinski definition) is 2. The molecule has 4 heterocycles. The van der Waals surface area contributed by atoms with Crippen LogP contribution < -0.4 is 10.6 Å². The topological polar surface area (TPSA) is 80.8 Å². The molecule has 0 aliphatic carbocycles. The van der Waals surface area contributed by atoms with Crippen molar-refractivity contribution in [2.24, 2.45) is 0 Å². The molecule has 0 bridgehead atoms. The fraction of sp³-hybridized carbons (Fsp3) is 0.667. The van der Waals surface area contributed by atoms with Crippen LogP contribution >= 0.6 is 0 Å². The molecule has 4 rings (SSSR count). The Bertz CT molecular complexity index is 706. The van der Waals surface area contributed by atoms with E-state index in [1.807, 2.05) is 23.1 Å². The first-order valence-corrected chi connectivity index (χ1v) is 10.7. The quantitative estimate of drug-likeness (QED) is 0.681. The minimum atomic E-state index is -0.0891. The number of nitrogens with one attached hydrogen (secondary N) is 2. The molecule has 0 aromatic carbocycles. The monoisotopic (exact) mass is 400 g/mol. The molecule has 29 heavy (non-hydrogen) atoms. The van der Waals surface area contributed by atoms with Crippen LogP contribution in [0, 0.1) is 0 Å². The van der Waals surface area contributed by atoms with Gasteiger partial charge < -0.3 is 20.4 Å². The Balaban J connectivity index is 1.28. The lowest BCUT2D eigenvalue weighted by Crippen LogP contribution is -2.58. The molecule has 3 fully saturated rings. The van der Waals surface area contributed by atoms with E-state index in [1.165, 1.54) is 0 Å². The third kappa shape index (κ3) is 4.94. The number of carbonyl (C=O) groups excluding carboxylic acids is 2. The third-order valence-electron chi connectivity index (χ3n) is 6.47. The van der Waals surface area contributed by atoms with Gasteiger partial charge in [-0.1, -0.05) is 6.07 Å². The maximum Gasteiger partial charge on any atom is 0.237 e. The molecule has 1 aromatic rings. The summed E-state index contributed by atoms with van der Waals surface area (Å²) in [5, 5.41) is 6.61. The molecule has 3 atom stereocenters. The number of carbonyl (C=O) groups is 2. The van der Waals surface area contributed by atoms with Gasteiger partial charge in [0.1, 0.15) is 0 Å². The Morgan fingerprint density at radius 3 is 2.86 bits per heavy atom. The van der Waals surface area contributed by atoms with E-state index in [0.29, 0.717) is 19.5 Å². The van der Waals surface area contributed by atoms with Crippen molar-refractivity contribution in [3.8, 4) is 0 Å². The van der Waals surface area contributed by atoms with E-state index < -0.39 is 0 Å². The first-order chi connectivity index (χ1) is 14.1. The number of aromatic nitrogens is 1. The standard InChI is InChI=1S/C21H32N6O2/c1-25-8-10-26(11-9-25)20(28)6-5-18-14-24-21(29)19-12-17(15-27(18)19)23-13-16-4-2-3-7-22-16/h2-4,7,17-19,23H,5-6,8-15H2,1H3,(H,24,29)/t17-,18+,19-/m0/s1. The average Bonchev–Trinajstić information content (AvgIpc) is 3.18. The van der Waals surface area contributed by atoms with Crippen LogP contribution in [0.3, 0.4) is 0 Å². The Morgan fingerprint density at radius 1 is 1.28 bits per heavy atom. The van der Waals surface area contributed by atoms with Gasteiger partial charge in [-0.25, -0.2) is 0 Å². The van der Waals surface area contributed by atoms with Gasteiger partial charge in [0.2, 0.25) is 11.8 Å². The van der Waals surface area contributed by atoms with E-state index >= 15 is 0 Å². The highest BCUT2D eigenvalue weighted by atomic mass is 16.2. The zero-order valence-electron chi connectivity index (χ0n) is 17.2. The molecule has 8 heteroatoms. The molecule has 0 radical (unpaired) electrons. The van der Waals surface area contributed by atoms with Gasteiger partial charge in [0, 0.05) is 70.5 Å². The predicted octanol–water partition coefficient (Wildman–Crippen LogP) is -0.333. The Labute approximate surface area is 172 Å². The van der Waals surface area contributed by atoms with Crippen molar-refractivity contribution < 1.29 is 9.59 Å². The second-order valence-electron chi connectivity index (χ2n) is 8.47. The van der Waals surface area contributed by atoms with Crippen LogP contribution in [-0.4, -0.2) is 95.9 Å². The SMILES string of the molecule is CN1CCN(C(=O)CC[C@@H]2CNC(=O)[C@@H]3C[C@H](NCc4ccccn4)CN23)CC1. The van der Waals surface area contributed by atoms with Gasteiger partial charge in [0.25, 0.3) is 0 Å². The van der Waals surface area contributed by atoms with Crippen molar-refractivity contribution in [3.63, 3.8) is 0 Å². The fourth-order valence-corrected chi connectivity index (χ4v) is 4.65. The number of amides is 2. The van der Waals surface area contributed by atoms with Crippen molar-refractivity contribution in [2.75, 3.05) is 46.3 Å². The van der Waals surface area contributed by atoms with Gasteiger partial charge in [0.15, 0.2) is 0 Å². The molecule has 3 saturated heterocycles. The highest BCUT2D eigenvalue weighted by Gasteiger charge is 2.43. The molecule has 158 valence electrons. The molecule has 8 nitrogen and oxygen atoms in total. The molecule has 0 spiro atoms. The number of hydrogen-bond acceptors (Lipinski definition) is 6. The van der Waals surface area contributed by atoms with Gasteiger partial charge in [-0.15, -0.1) is 0 Å². The summed E-state index contributed by atoms with van der Waals surface area (Å²) in [6.45, 7) is 5.73. The molecule has 3 aliphatic heterocycles. The van der Waals surface area contributed by atoms with E-state index in [9.17, 15) is 9.59 Å². The van der Waals surface area contributed by atoms with Crippen molar-refractivity contribution in [2.45, 2.75) is 43.9 Å². The lowest BCUT2D eigenvalue weighted by atomic mass is 10.0. The van der Waals surface area contributed by atoms with E-state index in [0.717, 1.165) is 51.3 Å². The lowest BCUT2D eigenvalue weighted by molar-refractivity contribution is -0.133. The summed E-state index contributed by atoms with van der Waals surface area (Å²) >= 11 is 0. The fourth-order valence-electron chi connectivity index (χ4n) is 4.65. The summed E-state index contributed by atoms with van der Waals surface area (Å²) in [5.74, 6) is 0.365. The highest BCUT2D eigenvalue weighted by molar-refractivity contribution is 5.83. The van der Waals surface area contributed by atoms with E-state index in [2.05, 4.69) is 32.5 Å². The minimum absolute atomic E-state index is 0.0891. The molecular weight excluding hydrogens is 368 g/mol. The smallest absolute Gasteiger partial charge is 0.237 e. The number of fused-ring (bicyclic) bond motifs is 1. The Hall–Kier alpha value is -2.03. The minimum Gasteiger partial charge on any atom is -0.353 e. The molecule has 0 unspecified atom stereocenters. The van der Waals surface area contributed by atoms with Crippen molar-refractivity contribution >= 4 is 11.8 Å². The molecular formula is C21H32N6O2. The lowest BCUT2D eigenvalue weighted by Gasteiger charge is -2.38. The normalized spacial score (nSPS) is 28.2. The highest BCUT2D eigenvalue weighted by Crippen LogP contribution is 2.26. The number of likely N-dealkylation sites (N-methyl/N-ethyl adjacent to an activating group) is 1. The van der Waals surface area contributed by atoms with Crippen LogP contribution in [0.2, 0.25) is 0 Å². The molecule has 2 N–H and O–H groups in total. The summed E-state index contributed by atoms with van der Waals surface area (Å²) in [7, 11) is 2.10. The average molecular weight is 401 g/mol. The summed E-state index contributed by atoms with van der Waals surface area (Å²) in [4.78, 5) is 35.9. The number of piperazine rings is 2. The van der Waals surface area contributed by atoms with Crippen LogP contribution in [0.4, 0.5) is 0 Å². The van der Waals surface area contributed by atoms with E-state index in [-0.39, 0.29) is 29.9 Å². The van der Waals surface area contributed by atoms with Gasteiger partial charge in [-0.3, -0.25) is 19.5 Å². The van der Waals surface area contributed by atoms with E-state index in [4.69, 9.17) is 0 Å². The number of nitrogens with zero attached hydrogens (tertiary/aromatic N) is 4. The molecule has 3 aliphatic rings. The maximum atomic E-state index is 12.6. The van der Waals surface area contributed by atoms with E-state index in [1.54, 1.807) is 6.20 Å². The predicted molar refractivity (Wildman–Crippen MR) is 110 cm³/mol. The second kappa shape index (κ2) is 9.19. The summed E-state index contributed by atoms with van der Waals surface area (Å²) in [6.07, 6.45) is 3.96. The van der Waals surface area contributed by atoms with Crippen molar-refractivity contribution in [1.29, 1.82) is 0 Å². The largest absolute Gasteiger partial charge is 0.353 e.